The smallest absolute Gasteiger partial charge is 0.264 e. The summed E-state index contributed by atoms with van der Waals surface area (Å²) in [5.74, 6) is 0.982. The number of nitrogens with zero attached hydrogens (tertiary/aromatic N) is 3. The summed E-state index contributed by atoms with van der Waals surface area (Å²) in [6, 6.07) is 10.1. The molecule has 1 aliphatic rings. The molecule has 1 aromatic carbocycles. The third-order valence-corrected chi connectivity index (χ3v) is 4.63. The Bertz CT molecular complexity index is 846. The van der Waals surface area contributed by atoms with Gasteiger partial charge in [-0.25, -0.2) is 0 Å². The number of nitrogens with one attached hydrogen (secondary N) is 1. The first-order valence-corrected chi connectivity index (χ1v) is 8.44. The number of likely N-dealkylation sites (N-methyl/N-ethyl adjacent to an activating group) is 1. The largest absolute Gasteiger partial charge is 0.419 e. The van der Waals surface area contributed by atoms with Crippen molar-refractivity contribution in [1.82, 2.24) is 20.1 Å². The van der Waals surface area contributed by atoms with E-state index < -0.39 is 0 Å². The van der Waals surface area contributed by atoms with Gasteiger partial charge in [0.05, 0.1) is 12.6 Å². The number of aromatic amines is 1. The average molecular weight is 340 g/mol. The van der Waals surface area contributed by atoms with Crippen LogP contribution < -0.4 is 0 Å². The second-order valence-electron chi connectivity index (χ2n) is 6.29. The monoisotopic (exact) mass is 340 g/mol. The van der Waals surface area contributed by atoms with Gasteiger partial charge in [-0.3, -0.25) is 4.79 Å². The van der Waals surface area contributed by atoms with Crippen LogP contribution in [0.15, 0.2) is 34.7 Å². The van der Waals surface area contributed by atoms with Crippen molar-refractivity contribution < 1.29 is 13.9 Å². The lowest BCUT2D eigenvalue weighted by atomic mass is 10.2. The summed E-state index contributed by atoms with van der Waals surface area (Å²) >= 11 is 0. The SMILES string of the molecule is CN(C(=O)CCc1nnc(-c2cc3ccccc3[nH]2)o1)C1CCOC1. The molecule has 7 nitrogen and oxygen atoms in total. The van der Waals surface area contributed by atoms with Gasteiger partial charge in [-0.15, -0.1) is 10.2 Å². The van der Waals surface area contributed by atoms with E-state index in [-0.39, 0.29) is 11.9 Å². The van der Waals surface area contributed by atoms with Crippen LogP contribution in [0.1, 0.15) is 18.7 Å². The summed E-state index contributed by atoms with van der Waals surface area (Å²) in [6.07, 6.45) is 1.68. The first-order chi connectivity index (χ1) is 12.2. The molecule has 25 heavy (non-hydrogen) atoms. The number of benzene rings is 1. The lowest BCUT2D eigenvalue weighted by Crippen LogP contribution is -2.37. The van der Waals surface area contributed by atoms with E-state index in [9.17, 15) is 4.79 Å². The molecular weight excluding hydrogens is 320 g/mol. The molecular formula is C18H20N4O3. The van der Waals surface area contributed by atoms with Crippen LogP contribution >= 0.6 is 0 Å². The van der Waals surface area contributed by atoms with E-state index in [1.807, 2.05) is 37.4 Å². The highest BCUT2D eigenvalue weighted by Crippen LogP contribution is 2.23. The molecule has 0 radical (unpaired) electrons. The highest BCUT2D eigenvalue weighted by molar-refractivity contribution is 5.84. The van der Waals surface area contributed by atoms with Crippen molar-refractivity contribution in [3.05, 3.63) is 36.2 Å². The van der Waals surface area contributed by atoms with E-state index in [1.165, 1.54) is 0 Å². The summed E-state index contributed by atoms with van der Waals surface area (Å²) in [5, 5.41) is 9.24. The maximum Gasteiger partial charge on any atom is 0.264 e. The van der Waals surface area contributed by atoms with Gasteiger partial charge in [-0.2, -0.15) is 0 Å². The molecule has 1 saturated heterocycles. The van der Waals surface area contributed by atoms with Crippen molar-refractivity contribution in [2.45, 2.75) is 25.3 Å². The zero-order valence-electron chi connectivity index (χ0n) is 14.1. The van der Waals surface area contributed by atoms with Crippen LogP contribution in [0.5, 0.6) is 0 Å². The quantitative estimate of drug-likeness (QED) is 0.771. The molecule has 130 valence electrons. The molecule has 0 aliphatic carbocycles. The lowest BCUT2D eigenvalue weighted by Gasteiger charge is -2.22. The zero-order chi connectivity index (χ0) is 17.2. The van der Waals surface area contributed by atoms with Crippen molar-refractivity contribution in [3.8, 4) is 11.6 Å². The third kappa shape index (κ3) is 3.28. The standard InChI is InChI=1S/C18H20N4O3/c1-22(13-8-9-24-11-13)17(23)7-6-16-20-21-18(25-16)15-10-12-4-2-3-5-14(12)19-15/h2-5,10,13,19H,6-9,11H2,1H3. The first kappa shape index (κ1) is 15.8. The van der Waals surface area contributed by atoms with Gasteiger partial charge in [0, 0.05) is 37.4 Å². The molecule has 7 heteroatoms. The normalized spacial score (nSPS) is 17.2. The van der Waals surface area contributed by atoms with E-state index in [4.69, 9.17) is 9.15 Å². The molecule has 1 aliphatic heterocycles. The Morgan fingerprint density at radius 3 is 3.04 bits per heavy atom. The molecule has 1 amide bonds. The molecule has 1 atom stereocenters. The number of carbonyl (C=O) groups excluding carboxylic acids is 1. The Hall–Kier alpha value is -2.67. The Morgan fingerprint density at radius 2 is 2.24 bits per heavy atom. The molecule has 1 fully saturated rings. The van der Waals surface area contributed by atoms with Crippen LogP contribution in [-0.4, -0.2) is 52.3 Å². The van der Waals surface area contributed by atoms with E-state index in [2.05, 4.69) is 15.2 Å². The Balaban J connectivity index is 1.40. The second-order valence-corrected chi connectivity index (χ2v) is 6.29. The zero-order valence-corrected chi connectivity index (χ0v) is 14.1. The van der Waals surface area contributed by atoms with Crippen molar-refractivity contribution in [1.29, 1.82) is 0 Å². The minimum atomic E-state index is 0.0702. The fourth-order valence-corrected chi connectivity index (χ4v) is 3.07. The van der Waals surface area contributed by atoms with E-state index >= 15 is 0 Å². The molecule has 1 N–H and O–H groups in total. The van der Waals surface area contributed by atoms with E-state index in [0.717, 1.165) is 29.6 Å². The van der Waals surface area contributed by atoms with Crippen LogP contribution in [0.3, 0.4) is 0 Å². The number of para-hydroxylation sites is 1. The van der Waals surface area contributed by atoms with Crippen LogP contribution in [-0.2, 0) is 16.0 Å². The van der Waals surface area contributed by atoms with Crippen LogP contribution in [0.2, 0.25) is 0 Å². The number of hydrogen-bond donors (Lipinski definition) is 1. The predicted molar refractivity (Wildman–Crippen MR) is 91.9 cm³/mol. The molecule has 0 saturated carbocycles. The van der Waals surface area contributed by atoms with Gasteiger partial charge in [-0.05, 0) is 18.6 Å². The second kappa shape index (κ2) is 6.68. The van der Waals surface area contributed by atoms with Crippen LogP contribution in [0.25, 0.3) is 22.5 Å². The van der Waals surface area contributed by atoms with Crippen molar-refractivity contribution in [3.63, 3.8) is 0 Å². The third-order valence-electron chi connectivity index (χ3n) is 4.63. The molecule has 3 heterocycles. The summed E-state index contributed by atoms with van der Waals surface area (Å²) < 4.78 is 11.0. The summed E-state index contributed by atoms with van der Waals surface area (Å²) in [5.41, 5.74) is 1.80. The number of rotatable bonds is 5. The summed E-state index contributed by atoms with van der Waals surface area (Å²) in [4.78, 5) is 17.3. The minimum Gasteiger partial charge on any atom is -0.419 e. The summed E-state index contributed by atoms with van der Waals surface area (Å²) in [7, 11) is 1.82. The van der Waals surface area contributed by atoms with E-state index in [0.29, 0.717) is 31.2 Å². The molecule has 2 aromatic heterocycles. The Morgan fingerprint density at radius 1 is 1.36 bits per heavy atom. The Labute approximate surface area is 145 Å². The van der Waals surface area contributed by atoms with Crippen molar-refractivity contribution >= 4 is 16.8 Å². The highest BCUT2D eigenvalue weighted by Gasteiger charge is 2.24. The van der Waals surface area contributed by atoms with Gasteiger partial charge < -0.3 is 19.0 Å². The van der Waals surface area contributed by atoms with Gasteiger partial charge in [0.2, 0.25) is 11.8 Å². The fourth-order valence-electron chi connectivity index (χ4n) is 3.07. The molecule has 4 rings (SSSR count). The maximum absolute atomic E-state index is 12.3. The molecule has 0 spiro atoms. The number of amides is 1. The number of H-pyrrole nitrogens is 1. The van der Waals surface area contributed by atoms with Crippen molar-refractivity contribution in [2.24, 2.45) is 0 Å². The van der Waals surface area contributed by atoms with Crippen LogP contribution in [0.4, 0.5) is 0 Å². The average Bonchev–Trinajstić information content (AvgIpc) is 3.38. The van der Waals surface area contributed by atoms with Gasteiger partial charge in [0.25, 0.3) is 5.89 Å². The topological polar surface area (TPSA) is 84.3 Å². The highest BCUT2D eigenvalue weighted by atomic mass is 16.5. The minimum absolute atomic E-state index is 0.0702. The number of aromatic nitrogens is 3. The van der Waals surface area contributed by atoms with Crippen LogP contribution in [0, 0.1) is 0 Å². The summed E-state index contributed by atoms with van der Waals surface area (Å²) in [6.45, 7) is 1.34. The lowest BCUT2D eigenvalue weighted by molar-refractivity contribution is -0.132. The van der Waals surface area contributed by atoms with E-state index in [1.54, 1.807) is 4.90 Å². The molecule has 1 unspecified atom stereocenters. The van der Waals surface area contributed by atoms with Gasteiger partial charge >= 0.3 is 0 Å². The molecule has 0 bridgehead atoms. The van der Waals surface area contributed by atoms with Gasteiger partial charge in [0.15, 0.2) is 0 Å². The molecule has 3 aromatic rings. The maximum atomic E-state index is 12.3. The number of aryl methyl sites for hydroxylation is 1. The van der Waals surface area contributed by atoms with Gasteiger partial charge in [-0.1, -0.05) is 18.2 Å². The Kier molecular flexibility index (Phi) is 4.23. The number of carbonyl (C=O) groups is 1. The fraction of sp³-hybridized carbons (Fsp3) is 0.389. The number of hydrogen-bond acceptors (Lipinski definition) is 5. The van der Waals surface area contributed by atoms with Gasteiger partial charge in [0.1, 0.15) is 5.69 Å². The number of fused-ring (bicyclic) bond motifs is 1. The van der Waals surface area contributed by atoms with Crippen molar-refractivity contribution in [2.75, 3.05) is 20.3 Å². The predicted octanol–water partition coefficient (Wildman–Crippen LogP) is 2.40. The first-order valence-electron chi connectivity index (χ1n) is 8.44. The number of ether oxygens (including phenoxy) is 1.